The average Bonchev–Trinajstić information content (AvgIpc) is 2.91. The molecule has 3 nitrogen and oxygen atoms in total. The van der Waals surface area contributed by atoms with E-state index in [9.17, 15) is 0 Å². The van der Waals surface area contributed by atoms with Crippen LogP contribution in [0.1, 0.15) is 25.7 Å². The summed E-state index contributed by atoms with van der Waals surface area (Å²) in [6.07, 6.45) is 5.39. The van der Waals surface area contributed by atoms with E-state index < -0.39 is 0 Å². The molecule has 1 spiro atoms. The Hall–Kier alpha value is 0.460. The zero-order valence-electron chi connectivity index (χ0n) is 10.3. The molecule has 0 amide bonds. The first kappa shape index (κ1) is 15.5. The van der Waals surface area contributed by atoms with E-state index in [4.69, 9.17) is 4.74 Å². The molecule has 0 saturated carbocycles. The fourth-order valence-electron chi connectivity index (χ4n) is 3.36. The quantitative estimate of drug-likeness (QED) is 0.792. The van der Waals surface area contributed by atoms with Crippen LogP contribution in [0.3, 0.4) is 0 Å². The lowest BCUT2D eigenvalue weighted by molar-refractivity contribution is 0.0628. The molecule has 5 heteroatoms. The van der Waals surface area contributed by atoms with Crippen molar-refractivity contribution in [2.75, 3.05) is 39.4 Å². The molecule has 3 fully saturated rings. The van der Waals surface area contributed by atoms with Crippen molar-refractivity contribution in [2.45, 2.75) is 31.7 Å². The lowest BCUT2D eigenvalue weighted by Crippen LogP contribution is -2.46. The maximum atomic E-state index is 5.57. The predicted octanol–water partition coefficient (Wildman–Crippen LogP) is 1.69. The molecular weight excluding hydrogens is 259 g/mol. The number of piperidine rings is 1. The minimum atomic E-state index is 0. The van der Waals surface area contributed by atoms with Gasteiger partial charge in [0.1, 0.15) is 0 Å². The number of halogens is 2. The molecule has 1 N–H and O–H groups in total. The highest BCUT2D eigenvalue weighted by atomic mass is 35.5. The lowest BCUT2D eigenvalue weighted by Gasteiger charge is -2.40. The highest BCUT2D eigenvalue weighted by molar-refractivity contribution is 5.85. The van der Waals surface area contributed by atoms with Gasteiger partial charge in [-0.05, 0) is 50.7 Å². The topological polar surface area (TPSA) is 24.5 Å². The standard InChI is InChI=1S/C12H22N2O.2ClH/c1-5-13-9-11(1)14-6-2-12(3-7-14)4-8-15-10-12;;/h11,13H,1-10H2;2*1H/t11-;;/m0../s1. The van der Waals surface area contributed by atoms with Gasteiger partial charge >= 0.3 is 0 Å². The number of likely N-dealkylation sites (tertiary alicyclic amines) is 1. The molecule has 0 unspecified atom stereocenters. The van der Waals surface area contributed by atoms with Gasteiger partial charge in [-0.15, -0.1) is 24.8 Å². The van der Waals surface area contributed by atoms with Crippen LogP contribution in [-0.4, -0.2) is 50.3 Å². The predicted molar refractivity (Wildman–Crippen MR) is 74.4 cm³/mol. The number of nitrogens with zero attached hydrogens (tertiary/aromatic N) is 1. The molecule has 0 aromatic heterocycles. The molecule has 0 aliphatic carbocycles. The van der Waals surface area contributed by atoms with Crippen LogP contribution in [0.15, 0.2) is 0 Å². The van der Waals surface area contributed by atoms with E-state index in [1.807, 2.05) is 0 Å². The van der Waals surface area contributed by atoms with E-state index in [0.29, 0.717) is 5.41 Å². The number of ether oxygens (including phenoxy) is 1. The van der Waals surface area contributed by atoms with E-state index in [1.165, 1.54) is 51.9 Å². The van der Waals surface area contributed by atoms with Gasteiger partial charge in [-0.25, -0.2) is 0 Å². The zero-order chi connectivity index (χ0) is 10.1. The van der Waals surface area contributed by atoms with Gasteiger partial charge in [0, 0.05) is 19.2 Å². The molecule has 102 valence electrons. The summed E-state index contributed by atoms with van der Waals surface area (Å²) >= 11 is 0. The van der Waals surface area contributed by atoms with Crippen LogP contribution < -0.4 is 5.32 Å². The van der Waals surface area contributed by atoms with Gasteiger partial charge in [0.25, 0.3) is 0 Å². The fourth-order valence-corrected chi connectivity index (χ4v) is 3.36. The van der Waals surface area contributed by atoms with Gasteiger partial charge in [0.05, 0.1) is 6.61 Å². The number of nitrogens with one attached hydrogen (secondary N) is 1. The van der Waals surface area contributed by atoms with E-state index in [0.717, 1.165) is 19.3 Å². The average molecular weight is 283 g/mol. The first-order valence-corrected chi connectivity index (χ1v) is 6.41. The second-order valence-corrected chi connectivity index (χ2v) is 5.49. The highest BCUT2D eigenvalue weighted by Crippen LogP contribution is 2.39. The summed E-state index contributed by atoms with van der Waals surface area (Å²) in [5.74, 6) is 0. The van der Waals surface area contributed by atoms with Gasteiger partial charge in [-0.2, -0.15) is 0 Å². The zero-order valence-corrected chi connectivity index (χ0v) is 12.0. The van der Waals surface area contributed by atoms with Crippen LogP contribution in [0.25, 0.3) is 0 Å². The molecule has 3 heterocycles. The Morgan fingerprint density at radius 3 is 2.41 bits per heavy atom. The Balaban J connectivity index is 0.000000722. The summed E-state index contributed by atoms with van der Waals surface area (Å²) in [6, 6.07) is 0.824. The summed E-state index contributed by atoms with van der Waals surface area (Å²) in [5.41, 5.74) is 0.572. The second kappa shape index (κ2) is 6.58. The number of hydrogen-bond acceptors (Lipinski definition) is 3. The van der Waals surface area contributed by atoms with Crippen LogP contribution in [0, 0.1) is 5.41 Å². The summed E-state index contributed by atoms with van der Waals surface area (Å²) < 4.78 is 5.57. The van der Waals surface area contributed by atoms with E-state index in [-0.39, 0.29) is 24.8 Å². The van der Waals surface area contributed by atoms with Crippen molar-refractivity contribution in [3.63, 3.8) is 0 Å². The molecule has 3 aliphatic heterocycles. The van der Waals surface area contributed by atoms with Crippen molar-refractivity contribution in [1.29, 1.82) is 0 Å². The molecular formula is C12H24Cl2N2O. The first-order valence-electron chi connectivity index (χ1n) is 6.41. The molecule has 0 radical (unpaired) electrons. The van der Waals surface area contributed by atoms with Gasteiger partial charge in [0.15, 0.2) is 0 Å². The molecule has 0 aromatic carbocycles. The van der Waals surface area contributed by atoms with Crippen molar-refractivity contribution in [2.24, 2.45) is 5.41 Å². The van der Waals surface area contributed by atoms with Gasteiger partial charge in [0.2, 0.25) is 0 Å². The monoisotopic (exact) mass is 282 g/mol. The van der Waals surface area contributed by atoms with Crippen LogP contribution in [0.2, 0.25) is 0 Å². The fraction of sp³-hybridized carbons (Fsp3) is 1.00. The lowest BCUT2D eigenvalue weighted by atomic mass is 9.77. The summed E-state index contributed by atoms with van der Waals surface area (Å²) in [4.78, 5) is 2.70. The van der Waals surface area contributed by atoms with Crippen LogP contribution in [-0.2, 0) is 4.74 Å². The van der Waals surface area contributed by atoms with Crippen LogP contribution >= 0.6 is 24.8 Å². The van der Waals surface area contributed by atoms with E-state index in [1.54, 1.807) is 0 Å². The Morgan fingerprint density at radius 2 is 1.88 bits per heavy atom. The number of hydrogen-bond donors (Lipinski definition) is 1. The van der Waals surface area contributed by atoms with Gasteiger partial charge < -0.3 is 10.1 Å². The van der Waals surface area contributed by atoms with E-state index >= 15 is 0 Å². The van der Waals surface area contributed by atoms with Crippen LogP contribution in [0.4, 0.5) is 0 Å². The van der Waals surface area contributed by atoms with Crippen molar-refractivity contribution in [3.05, 3.63) is 0 Å². The van der Waals surface area contributed by atoms with Crippen molar-refractivity contribution in [3.8, 4) is 0 Å². The second-order valence-electron chi connectivity index (χ2n) is 5.49. The molecule has 0 aromatic rings. The SMILES string of the molecule is C1C[C@H](N2CCC3(CCOC3)CC2)CN1.Cl.Cl. The number of rotatable bonds is 1. The summed E-state index contributed by atoms with van der Waals surface area (Å²) in [6.45, 7) is 7.07. The maximum absolute atomic E-state index is 5.57. The third-order valence-electron chi connectivity index (χ3n) is 4.59. The maximum Gasteiger partial charge on any atom is 0.0524 e. The first-order chi connectivity index (χ1) is 7.38. The summed E-state index contributed by atoms with van der Waals surface area (Å²) in [5, 5.41) is 3.46. The molecule has 1 atom stereocenters. The Kier molecular flexibility index (Phi) is 6.00. The Labute approximate surface area is 116 Å². The van der Waals surface area contributed by atoms with Gasteiger partial charge in [-0.1, -0.05) is 0 Å². The van der Waals surface area contributed by atoms with Gasteiger partial charge in [-0.3, -0.25) is 4.90 Å². The van der Waals surface area contributed by atoms with E-state index in [2.05, 4.69) is 10.2 Å². The molecule has 3 saturated heterocycles. The van der Waals surface area contributed by atoms with Crippen LogP contribution in [0.5, 0.6) is 0 Å². The normalized spacial score (nSPS) is 32.1. The van der Waals surface area contributed by atoms with Crippen molar-refractivity contribution in [1.82, 2.24) is 10.2 Å². The molecule has 3 rings (SSSR count). The van der Waals surface area contributed by atoms with Crippen molar-refractivity contribution >= 4 is 24.8 Å². The molecule has 0 bridgehead atoms. The third-order valence-corrected chi connectivity index (χ3v) is 4.59. The third kappa shape index (κ3) is 3.27. The van der Waals surface area contributed by atoms with Crippen molar-refractivity contribution < 1.29 is 4.74 Å². The minimum absolute atomic E-state index is 0. The molecule has 3 aliphatic rings. The molecule has 17 heavy (non-hydrogen) atoms. The summed E-state index contributed by atoms with van der Waals surface area (Å²) in [7, 11) is 0. The minimum Gasteiger partial charge on any atom is -0.381 e. The largest absolute Gasteiger partial charge is 0.381 e. The smallest absolute Gasteiger partial charge is 0.0524 e. The highest BCUT2D eigenvalue weighted by Gasteiger charge is 2.39. The Morgan fingerprint density at radius 1 is 1.12 bits per heavy atom. The Bertz CT molecular complexity index is 219.